The fourth-order valence-corrected chi connectivity index (χ4v) is 4.08. The van der Waals surface area contributed by atoms with Crippen LogP contribution in [0.15, 0.2) is 72.9 Å². The first-order valence-corrected chi connectivity index (χ1v) is 10.4. The minimum Gasteiger partial charge on any atom is -0.367 e. The molecule has 1 atom stereocenters. The molecule has 30 heavy (non-hydrogen) atoms. The molecule has 156 valence electrons. The van der Waals surface area contributed by atoms with Gasteiger partial charge in [0.1, 0.15) is 5.82 Å². The third kappa shape index (κ3) is 4.78. The number of anilines is 1. The molecule has 1 fully saturated rings. The average molecular weight is 405 g/mol. The number of nitrogens with zero attached hydrogens (tertiary/aromatic N) is 3. The summed E-state index contributed by atoms with van der Waals surface area (Å²) in [5.74, 6) is 0.534. The lowest BCUT2D eigenvalue weighted by Crippen LogP contribution is -2.35. The molecule has 0 bridgehead atoms. The van der Waals surface area contributed by atoms with Crippen molar-refractivity contribution in [3.63, 3.8) is 0 Å². The number of nitrogens with one attached hydrogen (secondary N) is 1. The molecule has 1 aliphatic rings. The Labute approximate surface area is 177 Å². The van der Waals surface area contributed by atoms with E-state index in [1.54, 1.807) is 13.3 Å². The molecule has 0 radical (unpaired) electrons. The van der Waals surface area contributed by atoms with E-state index >= 15 is 0 Å². The van der Waals surface area contributed by atoms with Crippen molar-refractivity contribution in [1.29, 1.82) is 0 Å². The molecule has 6 nitrogen and oxygen atoms in total. The van der Waals surface area contributed by atoms with E-state index < -0.39 is 6.10 Å². The summed E-state index contributed by atoms with van der Waals surface area (Å²) in [6.45, 7) is 3.00. The van der Waals surface area contributed by atoms with Crippen LogP contribution in [0.25, 0.3) is 0 Å². The number of carbonyl (C=O) groups excluding carboxylic acids is 1. The molecule has 2 aromatic carbocycles. The Balaban J connectivity index is 1.37. The van der Waals surface area contributed by atoms with Crippen LogP contribution in [0.3, 0.4) is 0 Å². The summed E-state index contributed by atoms with van der Waals surface area (Å²) < 4.78 is 7.41. The predicted molar refractivity (Wildman–Crippen MR) is 117 cm³/mol. The first-order valence-electron chi connectivity index (χ1n) is 10.4. The zero-order valence-electron chi connectivity index (χ0n) is 17.3. The summed E-state index contributed by atoms with van der Waals surface area (Å²) in [7, 11) is 1.55. The highest BCUT2D eigenvalue weighted by Gasteiger charge is 2.25. The Morgan fingerprint density at radius 2 is 1.73 bits per heavy atom. The maximum absolute atomic E-state index is 12.8. The van der Waals surface area contributed by atoms with E-state index in [-0.39, 0.29) is 11.9 Å². The Morgan fingerprint density at radius 3 is 2.40 bits per heavy atom. The van der Waals surface area contributed by atoms with Crippen LogP contribution in [0.5, 0.6) is 0 Å². The highest BCUT2D eigenvalue weighted by atomic mass is 16.5. The lowest BCUT2D eigenvalue weighted by Gasteiger charge is -2.32. The second kappa shape index (κ2) is 9.69. The molecule has 6 heteroatoms. The third-order valence-corrected chi connectivity index (χ3v) is 5.65. The Bertz CT molecular complexity index is 934. The molecule has 3 aromatic rings. The first-order chi connectivity index (χ1) is 14.7. The van der Waals surface area contributed by atoms with Crippen molar-refractivity contribution < 1.29 is 9.53 Å². The molecule has 0 saturated carbocycles. The zero-order chi connectivity index (χ0) is 20.8. The van der Waals surface area contributed by atoms with E-state index in [1.807, 2.05) is 41.1 Å². The molecule has 0 aliphatic carbocycles. The summed E-state index contributed by atoms with van der Waals surface area (Å²) in [4.78, 5) is 15.3. The van der Waals surface area contributed by atoms with Gasteiger partial charge in [-0.2, -0.15) is 5.10 Å². The van der Waals surface area contributed by atoms with Crippen molar-refractivity contribution >= 4 is 11.7 Å². The van der Waals surface area contributed by atoms with Gasteiger partial charge >= 0.3 is 0 Å². The van der Waals surface area contributed by atoms with Crippen molar-refractivity contribution in [2.45, 2.75) is 31.5 Å². The molecule has 0 spiro atoms. The van der Waals surface area contributed by atoms with Crippen molar-refractivity contribution in [3.05, 3.63) is 84.1 Å². The summed E-state index contributed by atoms with van der Waals surface area (Å²) in [6.07, 6.45) is 3.10. The number of aromatic nitrogens is 2. The number of hydrogen-bond donors (Lipinski definition) is 1. The molecule has 1 N–H and O–H groups in total. The van der Waals surface area contributed by atoms with Gasteiger partial charge in [-0.25, -0.2) is 4.68 Å². The van der Waals surface area contributed by atoms with Crippen LogP contribution >= 0.6 is 0 Å². The van der Waals surface area contributed by atoms with Gasteiger partial charge in [-0.05, 0) is 24.0 Å². The SMILES string of the molecule is COC(C(=O)Nc1ccnn1C1CCN(Cc2ccccc2)CC1)c1ccccc1. The molecule has 1 unspecified atom stereocenters. The van der Waals surface area contributed by atoms with Crippen LogP contribution in [-0.2, 0) is 16.1 Å². The molecule has 4 rings (SSSR count). The van der Waals surface area contributed by atoms with E-state index in [4.69, 9.17) is 4.74 Å². The maximum atomic E-state index is 12.8. The smallest absolute Gasteiger partial charge is 0.259 e. The number of benzene rings is 2. The summed E-state index contributed by atoms with van der Waals surface area (Å²) in [5.41, 5.74) is 2.17. The Hall–Kier alpha value is -2.96. The molecular formula is C24H28N4O2. The number of hydrogen-bond acceptors (Lipinski definition) is 4. The topological polar surface area (TPSA) is 59.4 Å². The highest BCUT2D eigenvalue weighted by molar-refractivity contribution is 5.94. The number of piperidine rings is 1. The van der Waals surface area contributed by atoms with Crippen molar-refractivity contribution in [2.24, 2.45) is 0 Å². The van der Waals surface area contributed by atoms with E-state index in [2.05, 4.69) is 45.6 Å². The first kappa shape index (κ1) is 20.3. The summed E-state index contributed by atoms with van der Waals surface area (Å²) >= 11 is 0. The molecular weight excluding hydrogens is 376 g/mol. The second-order valence-corrected chi connectivity index (χ2v) is 7.67. The highest BCUT2D eigenvalue weighted by Crippen LogP contribution is 2.27. The number of likely N-dealkylation sites (tertiary alicyclic amines) is 1. The van der Waals surface area contributed by atoms with E-state index in [1.165, 1.54) is 5.56 Å². The van der Waals surface area contributed by atoms with Gasteiger partial charge < -0.3 is 10.1 Å². The summed E-state index contributed by atoms with van der Waals surface area (Å²) in [6, 6.07) is 22.2. The molecule has 1 saturated heterocycles. The van der Waals surface area contributed by atoms with Gasteiger partial charge in [0.15, 0.2) is 6.10 Å². The largest absolute Gasteiger partial charge is 0.367 e. The molecule has 1 amide bonds. The molecule has 2 heterocycles. The Kier molecular flexibility index (Phi) is 6.57. The molecule has 1 aromatic heterocycles. The second-order valence-electron chi connectivity index (χ2n) is 7.67. The predicted octanol–water partition coefficient (Wildman–Crippen LogP) is 4.05. The standard InChI is InChI=1S/C24H28N4O2/c1-30-23(20-10-6-3-7-11-20)24(29)26-22-12-15-25-28(22)21-13-16-27(17-14-21)18-19-8-4-2-5-9-19/h2-12,15,21,23H,13-14,16-18H2,1H3,(H,26,29). The van der Waals surface area contributed by atoms with E-state index in [0.717, 1.165) is 43.9 Å². The lowest BCUT2D eigenvalue weighted by atomic mass is 10.0. The monoisotopic (exact) mass is 404 g/mol. The Morgan fingerprint density at radius 1 is 1.07 bits per heavy atom. The third-order valence-electron chi connectivity index (χ3n) is 5.65. The minimum absolute atomic E-state index is 0.188. The van der Waals surface area contributed by atoms with Crippen molar-refractivity contribution in [3.8, 4) is 0 Å². The quantitative estimate of drug-likeness (QED) is 0.646. The summed E-state index contributed by atoms with van der Waals surface area (Å²) in [5, 5.41) is 7.51. The van der Waals surface area contributed by atoms with Crippen LogP contribution in [0.1, 0.15) is 36.1 Å². The van der Waals surface area contributed by atoms with Crippen molar-refractivity contribution in [1.82, 2.24) is 14.7 Å². The van der Waals surface area contributed by atoms with Crippen LogP contribution in [-0.4, -0.2) is 40.8 Å². The number of rotatable bonds is 7. The maximum Gasteiger partial charge on any atom is 0.259 e. The lowest BCUT2D eigenvalue weighted by molar-refractivity contribution is -0.126. The van der Waals surface area contributed by atoms with Gasteiger partial charge in [0.05, 0.1) is 12.2 Å². The normalized spacial score (nSPS) is 16.3. The van der Waals surface area contributed by atoms with Crippen LogP contribution in [0.2, 0.25) is 0 Å². The van der Waals surface area contributed by atoms with Gasteiger partial charge in [-0.3, -0.25) is 9.69 Å². The van der Waals surface area contributed by atoms with Crippen molar-refractivity contribution in [2.75, 3.05) is 25.5 Å². The van der Waals surface area contributed by atoms with Crippen LogP contribution in [0, 0.1) is 0 Å². The number of ether oxygens (including phenoxy) is 1. The zero-order valence-corrected chi connectivity index (χ0v) is 17.3. The van der Waals surface area contributed by atoms with Gasteiger partial charge in [0.25, 0.3) is 5.91 Å². The molecule has 1 aliphatic heterocycles. The van der Waals surface area contributed by atoms with Crippen LogP contribution in [0.4, 0.5) is 5.82 Å². The van der Waals surface area contributed by atoms with E-state index in [9.17, 15) is 4.79 Å². The van der Waals surface area contributed by atoms with Gasteiger partial charge in [0.2, 0.25) is 0 Å². The van der Waals surface area contributed by atoms with Crippen LogP contribution < -0.4 is 5.32 Å². The number of carbonyl (C=O) groups is 1. The van der Waals surface area contributed by atoms with Gasteiger partial charge in [-0.15, -0.1) is 0 Å². The number of methoxy groups -OCH3 is 1. The number of amides is 1. The fraction of sp³-hybridized carbons (Fsp3) is 0.333. The van der Waals surface area contributed by atoms with Gasteiger partial charge in [-0.1, -0.05) is 60.7 Å². The van der Waals surface area contributed by atoms with Gasteiger partial charge in [0, 0.05) is 32.8 Å². The average Bonchev–Trinajstić information content (AvgIpc) is 3.24. The van der Waals surface area contributed by atoms with E-state index in [0.29, 0.717) is 0 Å². The minimum atomic E-state index is -0.651. The fourth-order valence-electron chi connectivity index (χ4n) is 4.08.